The van der Waals surface area contributed by atoms with Crippen molar-refractivity contribution >= 4 is 35.0 Å². The Hall–Kier alpha value is -2.19. The number of likely N-dealkylation sites (N-methyl/N-ethyl adjacent to an activating group) is 2. The molecule has 0 bridgehead atoms. The van der Waals surface area contributed by atoms with Gasteiger partial charge in [0, 0.05) is 51.3 Å². The summed E-state index contributed by atoms with van der Waals surface area (Å²) in [6.45, 7) is 10.6. The van der Waals surface area contributed by atoms with Crippen LogP contribution in [0.5, 0.6) is 0 Å². The second kappa shape index (κ2) is 15.0. The number of hydrogen-bond donors (Lipinski definition) is 0. The number of carbonyl (C=O) groups excluding carboxylic acids is 2. The van der Waals surface area contributed by atoms with Gasteiger partial charge in [-0.25, -0.2) is 4.39 Å². The first-order valence-corrected chi connectivity index (χ1v) is 16.2. The molecule has 0 spiro atoms. The molecule has 230 valence electrons. The number of carbonyl (C=O) groups is 2. The molecule has 1 atom stereocenters. The molecule has 42 heavy (non-hydrogen) atoms. The first kappa shape index (κ1) is 32.7. The van der Waals surface area contributed by atoms with Gasteiger partial charge in [-0.2, -0.15) is 0 Å². The molecule has 0 saturated carbocycles. The van der Waals surface area contributed by atoms with Crippen LogP contribution >= 0.6 is 23.2 Å². The van der Waals surface area contributed by atoms with Crippen molar-refractivity contribution in [3.63, 3.8) is 0 Å². The summed E-state index contributed by atoms with van der Waals surface area (Å²) in [7, 11) is 1.75. The highest BCUT2D eigenvalue weighted by Gasteiger charge is 2.47. The first-order chi connectivity index (χ1) is 20.2. The summed E-state index contributed by atoms with van der Waals surface area (Å²) in [5, 5.41) is 0.976. The van der Waals surface area contributed by atoms with Crippen molar-refractivity contribution < 1.29 is 14.0 Å². The summed E-state index contributed by atoms with van der Waals surface area (Å²) < 4.78 is 13.8. The minimum absolute atomic E-state index is 0.00774. The molecule has 0 radical (unpaired) electrons. The lowest BCUT2D eigenvalue weighted by molar-refractivity contribution is -0.149. The topological polar surface area (TPSA) is 47.1 Å². The third-order valence-corrected chi connectivity index (χ3v) is 9.95. The van der Waals surface area contributed by atoms with Crippen molar-refractivity contribution in [2.24, 2.45) is 0 Å². The summed E-state index contributed by atoms with van der Waals surface area (Å²) in [6, 6.07) is 11.5. The van der Waals surface area contributed by atoms with E-state index < -0.39 is 11.4 Å². The van der Waals surface area contributed by atoms with Gasteiger partial charge in [-0.05, 0) is 101 Å². The number of likely N-dealkylation sites (tertiary alicyclic amines) is 2. The average molecular weight is 620 g/mol. The standard InChI is InChI=1S/C33H45Cl2FN4O2/c1-4-39(5-2)32(42)33(40-17-7-6-8-18-40)15-20-38(21-16-33)19-14-27(25-12-13-29(34)30(35)23-25)24-37(3)31(41)26-10-9-11-28(36)22-26/h9-13,22-23,27H,4-8,14-21,24H2,1-3H3. The largest absolute Gasteiger partial charge is 0.342 e. The number of hydrogen-bond acceptors (Lipinski definition) is 4. The molecular formula is C33H45Cl2FN4O2. The van der Waals surface area contributed by atoms with Crippen LogP contribution in [0.3, 0.4) is 0 Å². The van der Waals surface area contributed by atoms with Gasteiger partial charge in [0.2, 0.25) is 5.91 Å². The molecule has 2 fully saturated rings. The Morgan fingerprint density at radius 2 is 1.64 bits per heavy atom. The molecule has 1 unspecified atom stereocenters. The molecule has 0 aromatic heterocycles. The molecule has 0 aliphatic carbocycles. The van der Waals surface area contributed by atoms with E-state index in [1.54, 1.807) is 30.1 Å². The van der Waals surface area contributed by atoms with Gasteiger partial charge >= 0.3 is 0 Å². The van der Waals surface area contributed by atoms with Crippen molar-refractivity contribution in [1.29, 1.82) is 0 Å². The van der Waals surface area contributed by atoms with E-state index in [0.29, 0.717) is 28.1 Å². The second-order valence-corrected chi connectivity index (χ2v) is 12.6. The Kier molecular flexibility index (Phi) is 11.7. The Morgan fingerprint density at radius 1 is 0.952 bits per heavy atom. The minimum Gasteiger partial charge on any atom is -0.342 e. The van der Waals surface area contributed by atoms with Crippen molar-refractivity contribution in [3.8, 4) is 0 Å². The fourth-order valence-electron chi connectivity index (χ4n) is 6.66. The Morgan fingerprint density at radius 3 is 2.26 bits per heavy atom. The van der Waals surface area contributed by atoms with E-state index in [-0.39, 0.29) is 11.8 Å². The molecule has 2 aromatic rings. The highest BCUT2D eigenvalue weighted by Crippen LogP contribution is 2.35. The Balaban J connectivity index is 1.46. The van der Waals surface area contributed by atoms with Crippen LogP contribution in [0.15, 0.2) is 42.5 Å². The Bertz CT molecular complexity index is 1210. The fourth-order valence-corrected chi connectivity index (χ4v) is 6.97. The third kappa shape index (κ3) is 7.65. The van der Waals surface area contributed by atoms with Crippen LogP contribution in [-0.2, 0) is 4.79 Å². The maximum absolute atomic E-state index is 13.9. The van der Waals surface area contributed by atoms with Gasteiger partial charge < -0.3 is 14.7 Å². The fraction of sp³-hybridized carbons (Fsp3) is 0.576. The van der Waals surface area contributed by atoms with E-state index in [1.807, 2.05) is 17.0 Å². The number of amides is 2. The lowest BCUT2D eigenvalue weighted by Crippen LogP contribution is -2.64. The van der Waals surface area contributed by atoms with Crippen molar-refractivity contribution in [1.82, 2.24) is 19.6 Å². The van der Waals surface area contributed by atoms with Gasteiger partial charge in [-0.3, -0.25) is 14.5 Å². The summed E-state index contributed by atoms with van der Waals surface area (Å²) in [5.74, 6) is -0.354. The predicted octanol–water partition coefficient (Wildman–Crippen LogP) is 6.57. The number of benzene rings is 2. The number of nitrogens with zero attached hydrogens (tertiary/aromatic N) is 4. The van der Waals surface area contributed by atoms with Crippen LogP contribution in [0, 0.1) is 5.82 Å². The smallest absolute Gasteiger partial charge is 0.253 e. The monoisotopic (exact) mass is 618 g/mol. The van der Waals surface area contributed by atoms with Crippen LogP contribution in [-0.4, -0.2) is 96.4 Å². The van der Waals surface area contributed by atoms with Crippen LogP contribution in [0.2, 0.25) is 10.0 Å². The maximum atomic E-state index is 13.9. The average Bonchev–Trinajstić information content (AvgIpc) is 3.01. The normalized spacial score (nSPS) is 18.4. The van der Waals surface area contributed by atoms with Gasteiger partial charge in [0.25, 0.3) is 5.91 Å². The van der Waals surface area contributed by atoms with Gasteiger partial charge in [-0.1, -0.05) is 41.8 Å². The zero-order valence-corrected chi connectivity index (χ0v) is 26.8. The van der Waals surface area contributed by atoms with Crippen LogP contribution in [0.25, 0.3) is 0 Å². The predicted molar refractivity (Wildman–Crippen MR) is 169 cm³/mol. The van der Waals surface area contributed by atoms with Gasteiger partial charge in [0.1, 0.15) is 11.4 Å². The summed E-state index contributed by atoms with van der Waals surface area (Å²) >= 11 is 12.6. The summed E-state index contributed by atoms with van der Waals surface area (Å²) in [4.78, 5) is 35.7. The number of halogens is 3. The zero-order chi connectivity index (χ0) is 30.3. The molecule has 2 saturated heterocycles. The van der Waals surface area contributed by atoms with E-state index in [0.717, 1.165) is 83.5 Å². The molecule has 4 rings (SSSR count). The molecule has 0 N–H and O–H groups in total. The summed E-state index contributed by atoms with van der Waals surface area (Å²) in [6.07, 6.45) is 6.02. The SMILES string of the molecule is CCN(CC)C(=O)C1(N2CCCCC2)CCN(CCC(CN(C)C(=O)c2cccc(F)c2)c2ccc(Cl)c(Cl)c2)CC1. The van der Waals surface area contributed by atoms with E-state index >= 15 is 0 Å². The molecule has 6 nitrogen and oxygen atoms in total. The Labute approximate surface area is 260 Å². The van der Waals surface area contributed by atoms with E-state index in [9.17, 15) is 14.0 Å². The van der Waals surface area contributed by atoms with Crippen LogP contribution in [0.4, 0.5) is 4.39 Å². The lowest BCUT2D eigenvalue weighted by Gasteiger charge is -2.50. The lowest BCUT2D eigenvalue weighted by atomic mass is 9.82. The number of rotatable bonds is 11. The second-order valence-electron chi connectivity index (χ2n) is 11.8. The quantitative estimate of drug-likeness (QED) is 0.286. The number of piperidine rings is 2. The maximum Gasteiger partial charge on any atom is 0.253 e. The molecule has 9 heteroatoms. The van der Waals surface area contributed by atoms with Crippen LogP contribution < -0.4 is 0 Å². The van der Waals surface area contributed by atoms with Crippen molar-refractivity contribution in [3.05, 3.63) is 69.5 Å². The molecule has 2 aliphatic heterocycles. The van der Waals surface area contributed by atoms with Crippen molar-refractivity contribution in [2.75, 3.05) is 59.4 Å². The van der Waals surface area contributed by atoms with E-state index in [2.05, 4.69) is 23.6 Å². The summed E-state index contributed by atoms with van der Waals surface area (Å²) in [5.41, 5.74) is 0.928. The minimum atomic E-state index is -0.430. The van der Waals surface area contributed by atoms with Gasteiger partial charge in [0.15, 0.2) is 0 Å². The van der Waals surface area contributed by atoms with Crippen LogP contribution in [0.1, 0.15) is 74.2 Å². The molecule has 2 aliphatic rings. The van der Waals surface area contributed by atoms with Crippen molar-refractivity contribution in [2.45, 2.75) is 63.8 Å². The molecule has 2 aromatic carbocycles. The van der Waals surface area contributed by atoms with E-state index in [4.69, 9.17) is 23.2 Å². The van der Waals surface area contributed by atoms with E-state index in [1.165, 1.54) is 18.6 Å². The third-order valence-electron chi connectivity index (χ3n) is 9.21. The molecule has 2 amide bonds. The highest BCUT2D eigenvalue weighted by molar-refractivity contribution is 6.42. The zero-order valence-electron chi connectivity index (χ0n) is 25.3. The first-order valence-electron chi connectivity index (χ1n) is 15.4. The van der Waals surface area contributed by atoms with Gasteiger partial charge in [-0.15, -0.1) is 0 Å². The molecular weight excluding hydrogens is 574 g/mol. The van der Waals surface area contributed by atoms with Gasteiger partial charge in [0.05, 0.1) is 10.0 Å². The molecule has 2 heterocycles. The highest BCUT2D eigenvalue weighted by atomic mass is 35.5.